The van der Waals surface area contributed by atoms with Crippen LogP contribution in [0.4, 0.5) is 0 Å². The zero-order chi connectivity index (χ0) is 12.8. The van der Waals surface area contributed by atoms with Crippen molar-refractivity contribution in [1.82, 2.24) is 20.0 Å². The summed E-state index contributed by atoms with van der Waals surface area (Å²) in [5.74, 6) is 0. The van der Waals surface area contributed by atoms with E-state index in [-0.39, 0.29) is 0 Å². The van der Waals surface area contributed by atoms with Crippen LogP contribution in [0.5, 0.6) is 0 Å². The summed E-state index contributed by atoms with van der Waals surface area (Å²) in [4.78, 5) is 2.60. The Morgan fingerprint density at radius 1 is 1.50 bits per heavy atom. The van der Waals surface area contributed by atoms with Gasteiger partial charge in [0.2, 0.25) is 0 Å². The van der Waals surface area contributed by atoms with Crippen LogP contribution in [0.1, 0.15) is 31.7 Å². The van der Waals surface area contributed by atoms with Gasteiger partial charge in [0.1, 0.15) is 0 Å². The van der Waals surface area contributed by atoms with Gasteiger partial charge >= 0.3 is 0 Å². The van der Waals surface area contributed by atoms with Crippen molar-refractivity contribution in [2.24, 2.45) is 7.05 Å². The highest BCUT2D eigenvalue weighted by atomic mass is 15.2. The second kappa shape index (κ2) is 6.90. The molecule has 1 unspecified atom stereocenters. The first-order valence-corrected chi connectivity index (χ1v) is 7.21. The highest BCUT2D eigenvalue weighted by molar-refractivity contribution is 5.04. The van der Waals surface area contributed by atoms with Gasteiger partial charge in [-0.2, -0.15) is 5.10 Å². The van der Waals surface area contributed by atoms with Gasteiger partial charge in [0.25, 0.3) is 0 Å². The predicted octanol–water partition coefficient (Wildman–Crippen LogP) is 1.43. The zero-order valence-corrected chi connectivity index (χ0v) is 11.7. The van der Waals surface area contributed by atoms with Crippen LogP contribution in [-0.2, 0) is 13.5 Å². The molecule has 18 heavy (non-hydrogen) atoms. The fourth-order valence-corrected chi connectivity index (χ4v) is 2.71. The van der Waals surface area contributed by atoms with Crippen molar-refractivity contribution in [2.45, 2.75) is 38.6 Å². The van der Waals surface area contributed by atoms with Crippen molar-refractivity contribution in [2.75, 3.05) is 26.2 Å². The molecule has 1 atom stereocenters. The van der Waals surface area contributed by atoms with Gasteiger partial charge in [-0.05, 0) is 37.9 Å². The third-order valence-electron chi connectivity index (χ3n) is 3.67. The van der Waals surface area contributed by atoms with Gasteiger partial charge in [-0.3, -0.25) is 4.68 Å². The van der Waals surface area contributed by atoms with Crippen LogP contribution in [0.25, 0.3) is 0 Å². The minimum absolute atomic E-state index is 0.686. The van der Waals surface area contributed by atoms with Crippen molar-refractivity contribution in [1.29, 1.82) is 0 Å². The van der Waals surface area contributed by atoms with Gasteiger partial charge in [-0.15, -0.1) is 0 Å². The Morgan fingerprint density at radius 2 is 2.39 bits per heavy atom. The maximum absolute atomic E-state index is 4.23. The lowest BCUT2D eigenvalue weighted by Crippen LogP contribution is -2.38. The van der Waals surface area contributed by atoms with Crippen LogP contribution in [-0.4, -0.2) is 46.9 Å². The van der Waals surface area contributed by atoms with Crippen molar-refractivity contribution in [3.8, 4) is 0 Å². The van der Waals surface area contributed by atoms with Gasteiger partial charge in [0.15, 0.2) is 0 Å². The average molecular weight is 250 g/mol. The summed E-state index contributed by atoms with van der Waals surface area (Å²) < 4.78 is 1.89. The second-order valence-corrected chi connectivity index (χ2v) is 5.37. The molecule has 0 aromatic carbocycles. The van der Waals surface area contributed by atoms with Crippen LogP contribution in [0.3, 0.4) is 0 Å². The van der Waals surface area contributed by atoms with E-state index in [1.54, 1.807) is 0 Å². The molecule has 0 bridgehead atoms. The minimum atomic E-state index is 0.686. The molecule has 4 heteroatoms. The van der Waals surface area contributed by atoms with Gasteiger partial charge < -0.3 is 10.2 Å². The zero-order valence-electron chi connectivity index (χ0n) is 11.7. The molecule has 1 N–H and O–H groups in total. The van der Waals surface area contributed by atoms with Crippen LogP contribution in [0, 0.1) is 0 Å². The maximum Gasteiger partial charge on any atom is 0.0522 e. The summed E-state index contributed by atoms with van der Waals surface area (Å²) >= 11 is 0. The standard InChI is InChI=1S/C14H26N4/c1-3-5-14-12-18(8-4-7-15-14)9-6-13-10-16-17(2)11-13/h10-11,14-15H,3-9,12H2,1-2H3. The molecule has 2 heterocycles. The lowest BCUT2D eigenvalue weighted by atomic mass is 10.1. The molecule has 0 spiro atoms. The number of hydrogen-bond donors (Lipinski definition) is 1. The molecule has 102 valence electrons. The van der Waals surface area contributed by atoms with E-state index in [0.29, 0.717) is 6.04 Å². The highest BCUT2D eigenvalue weighted by Gasteiger charge is 2.16. The van der Waals surface area contributed by atoms with Crippen molar-refractivity contribution >= 4 is 0 Å². The Balaban J connectivity index is 1.80. The fourth-order valence-electron chi connectivity index (χ4n) is 2.71. The van der Waals surface area contributed by atoms with Gasteiger partial charge in [-0.25, -0.2) is 0 Å². The molecule has 0 aliphatic carbocycles. The van der Waals surface area contributed by atoms with Crippen molar-refractivity contribution < 1.29 is 0 Å². The molecule has 0 amide bonds. The average Bonchev–Trinajstić information content (AvgIpc) is 2.63. The molecular weight excluding hydrogens is 224 g/mol. The fraction of sp³-hybridized carbons (Fsp3) is 0.786. The van der Waals surface area contributed by atoms with Crippen LogP contribution in [0.15, 0.2) is 12.4 Å². The largest absolute Gasteiger partial charge is 0.313 e. The van der Waals surface area contributed by atoms with Crippen LogP contribution in [0.2, 0.25) is 0 Å². The first-order chi connectivity index (χ1) is 8.78. The Morgan fingerprint density at radius 3 is 3.11 bits per heavy atom. The van der Waals surface area contributed by atoms with E-state index in [1.165, 1.54) is 44.5 Å². The van der Waals surface area contributed by atoms with E-state index in [1.807, 2.05) is 17.9 Å². The lowest BCUT2D eigenvalue weighted by molar-refractivity contribution is 0.265. The Bertz CT molecular complexity index is 347. The number of hydrogen-bond acceptors (Lipinski definition) is 3. The molecule has 1 aromatic rings. The highest BCUT2D eigenvalue weighted by Crippen LogP contribution is 2.07. The summed E-state index contributed by atoms with van der Waals surface area (Å²) in [7, 11) is 1.98. The lowest BCUT2D eigenvalue weighted by Gasteiger charge is -2.23. The molecule has 1 saturated heterocycles. The third kappa shape index (κ3) is 4.10. The number of aryl methyl sites for hydroxylation is 1. The third-order valence-corrected chi connectivity index (χ3v) is 3.67. The Hall–Kier alpha value is -0.870. The smallest absolute Gasteiger partial charge is 0.0522 e. The van der Waals surface area contributed by atoms with Gasteiger partial charge in [-0.1, -0.05) is 13.3 Å². The topological polar surface area (TPSA) is 33.1 Å². The first-order valence-electron chi connectivity index (χ1n) is 7.21. The number of rotatable bonds is 5. The summed E-state index contributed by atoms with van der Waals surface area (Å²) in [6, 6.07) is 0.686. The normalized spacial score (nSPS) is 22.0. The minimum Gasteiger partial charge on any atom is -0.313 e. The maximum atomic E-state index is 4.23. The van der Waals surface area contributed by atoms with E-state index in [4.69, 9.17) is 0 Å². The molecule has 0 saturated carbocycles. The van der Waals surface area contributed by atoms with Crippen molar-refractivity contribution in [3.63, 3.8) is 0 Å². The van der Waals surface area contributed by atoms with E-state index in [0.717, 1.165) is 13.0 Å². The van der Waals surface area contributed by atoms with Gasteiger partial charge in [0, 0.05) is 32.4 Å². The molecule has 1 aromatic heterocycles. The summed E-state index contributed by atoms with van der Waals surface area (Å²) in [5, 5.41) is 7.89. The SMILES string of the molecule is CCCC1CN(CCc2cnn(C)c2)CCCN1. The van der Waals surface area contributed by atoms with E-state index in [9.17, 15) is 0 Å². The van der Waals surface area contributed by atoms with Crippen LogP contribution >= 0.6 is 0 Å². The van der Waals surface area contributed by atoms with Crippen molar-refractivity contribution in [3.05, 3.63) is 18.0 Å². The number of nitrogens with zero attached hydrogens (tertiary/aromatic N) is 3. The van der Waals surface area contributed by atoms with E-state index in [2.05, 4.69) is 28.4 Å². The molecule has 4 nitrogen and oxygen atoms in total. The predicted molar refractivity (Wildman–Crippen MR) is 74.7 cm³/mol. The molecule has 1 fully saturated rings. The Kier molecular flexibility index (Phi) is 5.20. The quantitative estimate of drug-likeness (QED) is 0.858. The second-order valence-electron chi connectivity index (χ2n) is 5.37. The molecule has 1 aliphatic heterocycles. The van der Waals surface area contributed by atoms with Crippen LogP contribution < -0.4 is 5.32 Å². The molecule has 0 radical (unpaired) electrons. The van der Waals surface area contributed by atoms with E-state index < -0.39 is 0 Å². The first kappa shape index (κ1) is 13.6. The molecule has 1 aliphatic rings. The summed E-state index contributed by atoms with van der Waals surface area (Å²) in [5.41, 5.74) is 1.35. The number of nitrogens with one attached hydrogen (secondary N) is 1. The Labute approximate surface area is 110 Å². The van der Waals surface area contributed by atoms with E-state index >= 15 is 0 Å². The molecular formula is C14H26N4. The molecule has 2 rings (SSSR count). The summed E-state index contributed by atoms with van der Waals surface area (Å²) in [6.07, 6.45) is 9.07. The monoisotopic (exact) mass is 250 g/mol. The number of aromatic nitrogens is 2. The summed E-state index contributed by atoms with van der Waals surface area (Å²) in [6.45, 7) is 7.04. The van der Waals surface area contributed by atoms with Gasteiger partial charge in [0.05, 0.1) is 6.20 Å².